The number of pyridine rings is 1. The van der Waals surface area contributed by atoms with E-state index in [4.69, 9.17) is 29.0 Å². The van der Waals surface area contributed by atoms with Crippen LogP contribution in [0.5, 0.6) is 0 Å². The highest BCUT2D eigenvalue weighted by Crippen LogP contribution is 2.39. The minimum Gasteiger partial charge on any atom is -0.394 e. The number of aromatic nitrogens is 1. The molecule has 0 radical (unpaired) electrons. The molecule has 28 nitrogen and oxygen atoms in total. The predicted molar refractivity (Wildman–Crippen MR) is 212 cm³/mol. The Bertz CT molecular complexity index is 2250. The number of ether oxygens (including phenoxy) is 2. The summed E-state index contributed by atoms with van der Waals surface area (Å²) in [6.45, 7) is -5.94. The summed E-state index contributed by atoms with van der Waals surface area (Å²) < 4.78 is 85.8. The Balaban J connectivity index is 1.68. The Morgan fingerprint density at radius 3 is 1.98 bits per heavy atom. The van der Waals surface area contributed by atoms with Gasteiger partial charge in [-0.15, -0.1) is 0 Å². The van der Waals surface area contributed by atoms with Gasteiger partial charge in [-0.3, -0.25) is 13.6 Å². The summed E-state index contributed by atoms with van der Waals surface area (Å²) in [6, 6.07) is 7.89. The molecule has 1 fully saturated rings. The van der Waals surface area contributed by atoms with Crippen LogP contribution in [0.25, 0.3) is 21.8 Å². The van der Waals surface area contributed by atoms with Gasteiger partial charge < -0.3 is 90.3 Å². The number of benzene rings is 2. The fraction of sp³-hybridized carbons (Fsp3) is 0.581. The molecule has 9 atom stereocenters. The standard InChI is InChI=1S/C31H49N4O24P3S/c36-13-23(39)30(59-31-29(43)28(42)27(41)24(14-37)58-31)26(40)22(38)12-33-16-2-4-20-18(10-16)25(32-6-1-8-55-60(44,45)46)19-11-17(3-5-21(19)34-20)63(53,54)35(15-57-62(50,51)52)7-9-56-61(47,48)49/h2-5,10-11,22-24,26-31,33,36-43H,1,6-9,12-15H2,(H,32,34)(H2,44,45,46)(H2,47,48,49)(H2,50,51,52)/t22-,23?,24?,26?,27-,28+,29?,30-,31+/m1/s1. The molecule has 32 heteroatoms. The Morgan fingerprint density at radius 1 is 0.778 bits per heavy atom. The molecule has 1 saturated heterocycles. The van der Waals surface area contributed by atoms with Crippen molar-refractivity contribution >= 4 is 66.7 Å². The maximum absolute atomic E-state index is 13.8. The number of fused-ring (bicyclic) bond motifs is 2. The number of phosphoric acid groups is 3. The molecule has 1 aliphatic rings. The molecule has 1 aliphatic heterocycles. The Kier molecular flexibility index (Phi) is 18.9. The highest BCUT2D eigenvalue weighted by Gasteiger charge is 2.47. The van der Waals surface area contributed by atoms with Crippen LogP contribution in [0.15, 0.2) is 41.3 Å². The smallest absolute Gasteiger partial charge is 0.394 e. The largest absolute Gasteiger partial charge is 0.470 e. The average Bonchev–Trinajstić information content (AvgIpc) is 3.20. The van der Waals surface area contributed by atoms with Crippen molar-refractivity contribution in [3.63, 3.8) is 0 Å². The normalized spacial score (nSPS) is 22.3. The summed E-state index contributed by atoms with van der Waals surface area (Å²) in [4.78, 5) is 58.7. The van der Waals surface area contributed by atoms with Crippen molar-refractivity contribution in [1.82, 2.24) is 9.29 Å². The van der Waals surface area contributed by atoms with Crippen LogP contribution in [-0.2, 0) is 46.8 Å². The maximum Gasteiger partial charge on any atom is 0.470 e. The average molecular weight is 987 g/mol. The number of rotatable bonds is 25. The van der Waals surface area contributed by atoms with Crippen molar-refractivity contribution < 1.29 is 115 Å². The van der Waals surface area contributed by atoms with Crippen LogP contribution < -0.4 is 10.6 Å². The van der Waals surface area contributed by atoms with E-state index in [1.165, 1.54) is 24.3 Å². The van der Waals surface area contributed by atoms with Crippen LogP contribution in [0.1, 0.15) is 6.42 Å². The van der Waals surface area contributed by atoms with Crippen molar-refractivity contribution in [2.75, 3.05) is 63.4 Å². The van der Waals surface area contributed by atoms with Gasteiger partial charge in [-0.1, -0.05) is 0 Å². The molecule has 0 spiro atoms. The molecule has 0 amide bonds. The van der Waals surface area contributed by atoms with Crippen LogP contribution in [0, 0.1) is 0 Å². The summed E-state index contributed by atoms with van der Waals surface area (Å²) in [5, 5.41) is 88.4. The first-order chi connectivity index (χ1) is 29.3. The molecule has 0 bridgehead atoms. The van der Waals surface area contributed by atoms with Crippen molar-refractivity contribution in [3.05, 3.63) is 36.4 Å². The van der Waals surface area contributed by atoms with E-state index in [2.05, 4.69) is 29.2 Å². The number of sulfonamides is 1. The van der Waals surface area contributed by atoms with E-state index in [9.17, 15) is 72.8 Å². The predicted octanol–water partition coefficient (Wildman–Crippen LogP) is -3.86. The van der Waals surface area contributed by atoms with Crippen molar-refractivity contribution in [2.45, 2.75) is 66.4 Å². The Morgan fingerprint density at radius 2 is 1.38 bits per heavy atom. The number of aliphatic hydroxyl groups is 8. The first-order valence-corrected chi connectivity index (χ1v) is 24.4. The zero-order chi connectivity index (χ0) is 47.1. The summed E-state index contributed by atoms with van der Waals surface area (Å²) >= 11 is 0. The number of nitrogens with zero attached hydrogens (tertiary/aromatic N) is 2. The number of hydrogen-bond acceptors (Lipinski definition) is 21. The van der Waals surface area contributed by atoms with E-state index in [1.807, 2.05) is 0 Å². The molecule has 0 saturated carbocycles. The summed E-state index contributed by atoms with van der Waals surface area (Å²) in [5.41, 5.74) is 0.829. The van der Waals surface area contributed by atoms with E-state index in [-0.39, 0.29) is 46.1 Å². The number of phosphoric ester groups is 3. The third-order valence-electron chi connectivity index (χ3n) is 9.19. The lowest BCUT2D eigenvalue weighted by atomic mass is 9.98. The third-order valence-corrected chi connectivity index (χ3v) is 12.5. The SMILES string of the molecule is O=P(O)(O)OCCCNc1c2cc(NC[C@@H](O)C(O)[C@H](O[C@@H]3OC(CO)[C@@H](O)[C@H](O)C3O)C(O)CO)ccc2nc2ccc(S(=O)(=O)N(CCOP(=O)(O)O)COP(=O)(O)O)cc12. The molecular formula is C31H49N4O24P3S. The molecular weight excluding hydrogens is 937 g/mol. The molecule has 63 heavy (non-hydrogen) atoms. The topological polar surface area (TPSA) is 455 Å². The lowest BCUT2D eigenvalue weighted by molar-refractivity contribution is -0.326. The quantitative estimate of drug-likeness (QED) is 0.0167. The molecule has 358 valence electrons. The Hall–Kier alpha value is -2.45. The first kappa shape index (κ1) is 53.2. The molecule has 1 aromatic heterocycles. The molecule has 0 aliphatic carbocycles. The van der Waals surface area contributed by atoms with E-state index >= 15 is 0 Å². The summed E-state index contributed by atoms with van der Waals surface area (Å²) in [7, 11) is -20.0. The zero-order valence-electron chi connectivity index (χ0n) is 32.5. The zero-order valence-corrected chi connectivity index (χ0v) is 36.0. The van der Waals surface area contributed by atoms with Crippen LogP contribution >= 0.6 is 23.5 Å². The van der Waals surface area contributed by atoms with E-state index in [1.54, 1.807) is 0 Å². The van der Waals surface area contributed by atoms with Gasteiger partial charge in [0.15, 0.2) is 6.29 Å². The van der Waals surface area contributed by atoms with Crippen molar-refractivity contribution in [2.24, 2.45) is 0 Å². The fourth-order valence-electron chi connectivity index (χ4n) is 6.06. The number of hydrogen-bond donors (Lipinski definition) is 16. The van der Waals surface area contributed by atoms with Gasteiger partial charge in [0.2, 0.25) is 10.0 Å². The van der Waals surface area contributed by atoms with Crippen LogP contribution in [0.3, 0.4) is 0 Å². The Labute approximate surface area is 357 Å². The highest BCUT2D eigenvalue weighted by molar-refractivity contribution is 7.89. The van der Waals surface area contributed by atoms with Crippen LogP contribution in [0.2, 0.25) is 0 Å². The minimum atomic E-state index is -5.28. The van der Waals surface area contributed by atoms with E-state index < -0.39 is 140 Å². The van der Waals surface area contributed by atoms with E-state index in [0.29, 0.717) is 4.31 Å². The van der Waals surface area contributed by atoms with Crippen molar-refractivity contribution in [1.29, 1.82) is 0 Å². The molecule has 4 rings (SSSR count). The lowest BCUT2D eigenvalue weighted by Gasteiger charge is -2.42. The van der Waals surface area contributed by atoms with Gasteiger partial charge in [0.25, 0.3) is 0 Å². The van der Waals surface area contributed by atoms with E-state index in [0.717, 1.165) is 12.1 Å². The van der Waals surface area contributed by atoms with Gasteiger partial charge in [0.1, 0.15) is 49.5 Å². The second-order valence-corrected chi connectivity index (χ2v) is 19.4. The van der Waals surface area contributed by atoms with Crippen LogP contribution in [-0.4, -0.2) is 196 Å². The van der Waals surface area contributed by atoms with Gasteiger partial charge in [-0.05, 0) is 42.8 Å². The van der Waals surface area contributed by atoms with Crippen molar-refractivity contribution in [3.8, 4) is 0 Å². The monoisotopic (exact) mass is 986 g/mol. The van der Waals surface area contributed by atoms with Gasteiger partial charge in [-0.25, -0.2) is 27.1 Å². The molecule has 16 N–H and O–H groups in total. The summed E-state index contributed by atoms with van der Waals surface area (Å²) in [5.74, 6) is 0. The second-order valence-electron chi connectivity index (χ2n) is 13.7. The highest BCUT2D eigenvalue weighted by atomic mass is 32.2. The summed E-state index contributed by atoms with van der Waals surface area (Å²) in [6.07, 6.45) is -16.6. The number of aliphatic hydroxyl groups excluding tert-OH is 8. The molecule has 2 aromatic carbocycles. The minimum absolute atomic E-state index is 0.0183. The van der Waals surface area contributed by atoms with Crippen LogP contribution in [0.4, 0.5) is 11.4 Å². The van der Waals surface area contributed by atoms with Gasteiger partial charge in [-0.2, -0.15) is 4.31 Å². The third kappa shape index (κ3) is 15.0. The number of anilines is 2. The number of nitrogens with one attached hydrogen (secondary N) is 2. The molecule has 3 aromatic rings. The first-order valence-electron chi connectivity index (χ1n) is 18.3. The van der Waals surface area contributed by atoms with Gasteiger partial charge in [0.05, 0.1) is 54.1 Å². The van der Waals surface area contributed by atoms with Gasteiger partial charge in [0, 0.05) is 36.1 Å². The fourth-order valence-corrected chi connectivity index (χ4v) is 8.42. The second kappa shape index (κ2) is 22.4. The molecule has 2 heterocycles. The molecule has 4 unspecified atom stereocenters. The van der Waals surface area contributed by atoms with Gasteiger partial charge >= 0.3 is 23.5 Å². The maximum atomic E-state index is 13.8. The lowest BCUT2D eigenvalue weighted by Crippen LogP contribution is -2.61.